The molecular formula is C48H42B3Br4Cl3F2O6. The van der Waals surface area contributed by atoms with Gasteiger partial charge in [-0.05, 0) is 141 Å². The summed E-state index contributed by atoms with van der Waals surface area (Å²) in [5, 5.41) is 54.6. The van der Waals surface area contributed by atoms with Gasteiger partial charge in [0.15, 0.2) is 0 Å². The molecule has 6 rings (SSSR count). The summed E-state index contributed by atoms with van der Waals surface area (Å²) >= 11 is 30.3. The van der Waals surface area contributed by atoms with Crippen molar-refractivity contribution >= 4 is 173 Å². The highest BCUT2D eigenvalue weighted by molar-refractivity contribution is 9.11. The van der Waals surface area contributed by atoms with Gasteiger partial charge >= 0.3 is 21.4 Å². The minimum Gasteiger partial charge on any atom is -0.423 e. The lowest BCUT2D eigenvalue weighted by atomic mass is 9.79. The lowest BCUT2D eigenvalue weighted by molar-refractivity contribution is 0.424. The summed E-state index contributed by atoms with van der Waals surface area (Å²) in [5.41, 5.74) is 5.95. The van der Waals surface area contributed by atoms with Crippen LogP contribution in [0.15, 0.2) is 167 Å². The van der Waals surface area contributed by atoms with Gasteiger partial charge in [-0.2, -0.15) is 0 Å². The predicted molar refractivity (Wildman–Crippen MR) is 294 cm³/mol. The highest BCUT2D eigenvalue weighted by atomic mass is 79.9. The zero-order chi connectivity index (χ0) is 50.1. The zero-order valence-corrected chi connectivity index (χ0v) is 43.5. The summed E-state index contributed by atoms with van der Waals surface area (Å²) in [7, 11) is -4.55. The Bertz CT molecular complexity index is 2250. The largest absolute Gasteiger partial charge is 0.488 e. The Balaban J connectivity index is 0.000000397. The molecule has 0 radical (unpaired) electrons. The lowest BCUT2D eigenvalue weighted by Crippen LogP contribution is -2.30. The maximum absolute atomic E-state index is 12.7. The Kier molecular flexibility index (Phi) is 29.4. The van der Waals surface area contributed by atoms with Crippen LogP contribution < -0.4 is 16.4 Å². The van der Waals surface area contributed by atoms with Gasteiger partial charge in [0, 0.05) is 33.0 Å². The van der Waals surface area contributed by atoms with Gasteiger partial charge in [-0.25, -0.2) is 8.78 Å². The van der Waals surface area contributed by atoms with Crippen LogP contribution >= 0.6 is 98.5 Å². The van der Waals surface area contributed by atoms with Crippen molar-refractivity contribution < 1.29 is 38.9 Å². The fourth-order valence-electron chi connectivity index (χ4n) is 4.79. The van der Waals surface area contributed by atoms with Crippen molar-refractivity contribution in [1.82, 2.24) is 0 Å². The fourth-order valence-corrected chi connectivity index (χ4v) is 7.92. The molecule has 0 aliphatic carbocycles. The van der Waals surface area contributed by atoms with E-state index in [0.717, 1.165) is 51.8 Å². The van der Waals surface area contributed by atoms with Crippen LogP contribution in [0.4, 0.5) is 8.78 Å². The Morgan fingerprint density at radius 1 is 0.333 bits per heavy atom. The molecule has 66 heavy (non-hydrogen) atoms. The van der Waals surface area contributed by atoms with Gasteiger partial charge in [-0.3, -0.25) is 0 Å². The fraction of sp³-hybridized carbons (Fsp3) is 0. The maximum atomic E-state index is 12.7. The number of benzene rings is 6. The van der Waals surface area contributed by atoms with Crippen LogP contribution in [0, 0.1) is 11.6 Å². The van der Waals surface area contributed by atoms with E-state index in [2.05, 4.69) is 103 Å². The molecule has 0 bridgehead atoms. The van der Waals surface area contributed by atoms with Gasteiger partial charge in [0.2, 0.25) is 0 Å². The first-order valence-electron chi connectivity index (χ1n) is 18.7. The van der Waals surface area contributed by atoms with E-state index in [1.807, 2.05) is 30.3 Å². The van der Waals surface area contributed by atoms with E-state index in [4.69, 9.17) is 64.9 Å². The Labute approximate surface area is 434 Å². The molecule has 6 aromatic carbocycles. The van der Waals surface area contributed by atoms with Crippen molar-refractivity contribution in [3.8, 4) is 0 Å². The molecule has 0 saturated heterocycles. The van der Waals surface area contributed by atoms with Crippen molar-refractivity contribution in [3.05, 3.63) is 227 Å². The second-order valence-electron chi connectivity index (χ2n) is 12.9. The summed E-state index contributed by atoms with van der Waals surface area (Å²) in [5.74, 6) is -0.750. The van der Waals surface area contributed by atoms with E-state index in [9.17, 15) is 8.78 Å². The predicted octanol–water partition coefficient (Wildman–Crippen LogP) is 12.3. The molecule has 6 nitrogen and oxygen atoms in total. The van der Waals surface area contributed by atoms with Crippen LogP contribution in [-0.2, 0) is 0 Å². The topological polar surface area (TPSA) is 121 Å². The average Bonchev–Trinajstić information content (AvgIpc) is 3.25. The summed E-state index contributed by atoms with van der Waals surface area (Å²) in [6.07, 6.45) is 9.81. The number of rotatable bonds is 9. The molecule has 0 atom stereocenters. The quantitative estimate of drug-likeness (QED) is 0.0802. The van der Waals surface area contributed by atoms with Gasteiger partial charge in [0.05, 0.1) is 0 Å². The second kappa shape index (κ2) is 32.2. The van der Waals surface area contributed by atoms with Crippen LogP contribution in [0.2, 0.25) is 15.1 Å². The van der Waals surface area contributed by atoms with Crippen LogP contribution in [0.5, 0.6) is 0 Å². The molecule has 342 valence electrons. The first kappa shape index (κ1) is 60.4. The minimum absolute atomic E-state index is 0.130. The Morgan fingerprint density at radius 2 is 0.591 bits per heavy atom. The smallest absolute Gasteiger partial charge is 0.423 e. The van der Waals surface area contributed by atoms with Gasteiger partial charge in [0.25, 0.3) is 0 Å². The lowest BCUT2D eigenvalue weighted by Gasteiger charge is -2.01. The van der Waals surface area contributed by atoms with Crippen molar-refractivity contribution in [2.75, 3.05) is 0 Å². The monoisotopic (exact) mass is 1210 g/mol. The van der Waals surface area contributed by atoms with Crippen LogP contribution in [-0.4, -0.2) is 51.5 Å². The molecule has 0 saturated carbocycles. The number of halogens is 9. The van der Waals surface area contributed by atoms with E-state index < -0.39 is 27.2 Å². The van der Waals surface area contributed by atoms with Gasteiger partial charge in [-0.1, -0.05) is 193 Å². The van der Waals surface area contributed by atoms with Crippen LogP contribution in [0.3, 0.4) is 0 Å². The Morgan fingerprint density at radius 3 is 0.970 bits per heavy atom. The van der Waals surface area contributed by atoms with Crippen LogP contribution in [0.1, 0.15) is 33.4 Å². The molecule has 6 N–H and O–H groups in total. The number of hydrogen-bond acceptors (Lipinski definition) is 6. The summed E-state index contributed by atoms with van der Waals surface area (Å²) in [6, 6.07) is 29.7. The van der Waals surface area contributed by atoms with Crippen LogP contribution in [0.25, 0.3) is 36.5 Å². The molecule has 0 aliphatic heterocycles. The van der Waals surface area contributed by atoms with Crippen molar-refractivity contribution in [1.29, 1.82) is 0 Å². The minimum atomic E-state index is -1.64. The highest BCUT2D eigenvalue weighted by Gasteiger charge is 2.13. The van der Waals surface area contributed by atoms with E-state index in [1.165, 1.54) is 36.4 Å². The first-order chi connectivity index (χ1) is 31.0. The third-order valence-corrected chi connectivity index (χ3v) is 10.3. The molecule has 18 heteroatoms. The molecule has 0 heterocycles. The standard InChI is InChI=1S/C8H8BBrO2.C8H8BClO2.C8H8BFO2.C8H6Br2.C8H6BrF.C8H6Cl2/c3*1-2-6-3-7(9(11)12)5-8(10)4-6;3*1-2-6-3-7(9)5-8(10)4-6/h3*2-5,11-12H,1H2;3*2-5H,1H2. The van der Waals surface area contributed by atoms with E-state index >= 15 is 0 Å². The molecule has 0 spiro atoms. The van der Waals surface area contributed by atoms with Gasteiger partial charge in [-0.15, -0.1) is 0 Å². The summed E-state index contributed by atoms with van der Waals surface area (Å²) in [4.78, 5) is 0. The van der Waals surface area contributed by atoms with Crippen molar-refractivity contribution in [2.45, 2.75) is 0 Å². The van der Waals surface area contributed by atoms with E-state index in [1.54, 1.807) is 72.8 Å². The molecule has 0 amide bonds. The normalized spacial score (nSPS) is 9.50. The molecular weight excluding hydrogens is 1170 g/mol. The molecule has 0 aromatic heterocycles. The third-order valence-electron chi connectivity index (χ3n) is 7.79. The maximum Gasteiger partial charge on any atom is 0.488 e. The van der Waals surface area contributed by atoms with E-state index in [-0.39, 0.29) is 11.3 Å². The zero-order valence-electron chi connectivity index (χ0n) is 34.9. The molecule has 6 aromatic rings. The molecule has 0 unspecified atom stereocenters. The Hall–Kier alpha value is -3.64. The second-order valence-corrected chi connectivity index (χ2v) is 17.9. The SMILES string of the molecule is C=Cc1cc(Br)cc(B(O)O)c1.C=Cc1cc(Br)cc(Br)c1.C=Cc1cc(Cl)cc(B(O)O)c1.C=Cc1cc(Cl)cc(Cl)c1.C=Cc1cc(F)cc(B(O)O)c1.C=Cc1cc(F)cc(Br)c1. The van der Waals surface area contributed by atoms with E-state index in [0.29, 0.717) is 31.6 Å². The summed E-state index contributed by atoms with van der Waals surface area (Å²) in [6.45, 7) is 21.4. The molecule has 0 aliphatic rings. The van der Waals surface area contributed by atoms with Gasteiger partial charge in [0.1, 0.15) is 11.6 Å². The average molecular weight is 1210 g/mol. The first-order valence-corrected chi connectivity index (χ1v) is 23.0. The summed E-state index contributed by atoms with van der Waals surface area (Å²) < 4.78 is 28.9. The van der Waals surface area contributed by atoms with Gasteiger partial charge < -0.3 is 30.1 Å². The number of hydrogen-bond donors (Lipinski definition) is 6. The van der Waals surface area contributed by atoms with Crippen molar-refractivity contribution in [2.24, 2.45) is 0 Å². The highest BCUT2D eigenvalue weighted by Crippen LogP contribution is 2.21. The third kappa shape index (κ3) is 24.9. The molecule has 0 fully saturated rings. The van der Waals surface area contributed by atoms with Crippen molar-refractivity contribution in [3.63, 3.8) is 0 Å².